The van der Waals surface area contributed by atoms with E-state index in [-0.39, 0.29) is 6.61 Å². The van der Waals surface area contributed by atoms with E-state index in [0.717, 1.165) is 0 Å². The smallest absolute Gasteiger partial charge is 0.101 e. The van der Waals surface area contributed by atoms with E-state index in [2.05, 4.69) is 4.98 Å². The molecule has 1 unspecified atom stereocenters. The van der Waals surface area contributed by atoms with Crippen molar-refractivity contribution in [2.75, 3.05) is 6.61 Å². The van der Waals surface area contributed by atoms with Gasteiger partial charge in [0.2, 0.25) is 0 Å². The van der Waals surface area contributed by atoms with Crippen LogP contribution in [0.4, 0.5) is 0 Å². The monoisotopic (exact) mass is 211 g/mol. The van der Waals surface area contributed by atoms with E-state index < -0.39 is 5.54 Å². The average Bonchev–Trinajstić information content (AvgIpc) is 2.17. The lowest BCUT2D eigenvalue weighted by Crippen LogP contribution is -2.38. The van der Waals surface area contributed by atoms with E-state index in [4.69, 9.17) is 27.7 Å². The molecule has 0 bridgehead atoms. The number of hydrogen-bond acceptors (Lipinski definition) is 4. The van der Waals surface area contributed by atoms with Crippen molar-refractivity contribution >= 4 is 11.6 Å². The Labute approximate surface area is 86.9 Å². The molecule has 0 saturated heterocycles. The minimum atomic E-state index is -0.981. The normalized spacial score (nSPS) is 14.5. The number of rotatable bonds is 2. The second-order valence-corrected chi connectivity index (χ2v) is 3.65. The molecule has 0 aliphatic heterocycles. The van der Waals surface area contributed by atoms with Gasteiger partial charge in [0, 0.05) is 6.20 Å². The van der Waals surface area contributed by atoms with Gasteiger partial charge in [-0.05, 0) is 13.0 Å². The largest absolute Gasteiger partial charge is 0.394 e. The van der Waals surface area contributed by atoms with Crippen LogP contribution in [0.3, 0.4) is 0 Å². The SMILES string of the molecule is CC(N)(CO)c1ncc(C#N)cc1Cl. The molecule has 0 radical (unpaired) electrons. The van der Waals surface area contributed by atoms with E-state index in [0.29, 0.717) is 16.3 Å². The Morgan fingerprint density at radius 1 is 1.79 bits per heavy atom. The summed E-state index contributed by atoms with van der Waals surface area (Å²) in [6.07, 6.45) is 1.38. The Kier molecular flexibility index (Phi) is 3.06. The van der Waals surface area contributed by atoms with Crippen molar-refractivity contribution in [2.45, 2.75) is 12.5 Å². The highest BCUT2D eigenvalue weighted by Gasteiger charge is 2.24. The summed E-state index contributed by atoms with van der Waals surface area (Å²) in [4.78, 5) is 3.95. The van der Waals surface area contributed by atoms with Crippen molar-refractivity contribution < 1.29 is 5.11 Å². The molecule has 74 valence electrons. The lowest BCUT2D eigenvalue weighted by Gasteiger charge is -2.21. The van der Waals surface area contributed by atoms with Crippen LogP contribution in [0, 0.1) is 11.3 Å². The number of hydrogen-bond donors (Lipinski definition) is 2. The van der Waals surface area contributed by atoms with Crippen molar-refractivity contribution in [3.63, 3.8) is 0 Å². The van der Waals surface area contributed by atoms with Crippen molar-refractivity contribution in [3.05, 3.63) is 28.5 Å². The molecule has 0 aromatic carbocycles. The first kappa shape index (κ1) is 10.9. The number of nitrogens with zero attached hydrogens (tertiary/aromatic N) is 2. The molecule has 0 spiro atoms. The quantitative estimate of drug-likeness (QED) is 0.757. The lowest BCUT2D eigenvalue weighted by molar-refractivity contribution is 0.207. The van der Waals surface area contributed by atoms with Crippen molar-refractivity contribution in [1.82, 2.24) is 4.98 Å². The fourth-order valence-corrected chi connectivity index (χ4v) is 1.38. The summed E-state index contributed by atoms with van der Waals surface area (Å²) in [5, 5.41) is 17.9. The summed E-state index contributed by atoms with van der Waals surface area (Å²) in [5.74, 6) is 0. The van der Waals surface area contributed by atoms with Crippen LogP contribution in [0.2, 0.25) is 5.02 Å². The summed E-state index contributed by atoms with van der Waals surface area (Å²) in [6, 6.07) is 3.39. The summed E-state index contributed by atoms with van der Waals surface area (Å²) in [5.41, 5.74) is 5.53. The molecule has 1 aromatic rings. The van der Waals surface area contributed by atoms with E-state index >= 15 is 0 Å². The first-order valence-electron chi connectivity index (χ1n) is 3.97. The molecule has 0 saturated carbocycles. The molecule has 5 heteroatoms. The molecule has 1 aromatic heterocycles. The van der Waals surface area contributed by atoms with E-state index in [1.165, 1.54) is 12.3 Å². The standard InChI is InChI=1S/C9H10ClN3O/c1-9(12,5-14)8-7(10)2-6(3-11)4-13-8/h2,4,14H,5,12H2,1H3. The third-order valence-electron chi connectivity index (χ3n) is 1.84. The number of nitriles is 1. The van der Waals surface area contributed by atoms with E-state index in [1.54, 1.807) is 6.92 Å². The Bertz CT molecular complexity index is 384. The summed E-state index contributed by atoms with van der Waals surface area (Å²) < 4.78 is 0. The molecule has 1 heterocycles. The van der Waals surface area contributed by atoms with Gasteiger partial charge in [-0.3, -0.25) is 4.98 Å². The minimum absolute atomic E-state index is 0.258. The third kappa shape index (κ3) is 2.02. The fraction of sp³-hybridized carbons (Fsp3) is 0.333. The molecule has 3 N–H and O–H groups in total. The highest BCUT2D eigenvalue weighted by Crippen LogP contribution is 2.23. The number of pyridine rings is 1. The van der Waals surface area contributed by atoms with Crippen molar-refractivity contribution in [2.24, 2.45) is 5.73 Å². The molecule has 0 aliphatic carbocycles. The number of aliphatic hydroxyl groups excluding tert-OH is 1. The van der Waals surface area contributed by atoms with Crippen LogP contribution >= 0.6 is 11.6 Å². The number of nitrogens with two attached hydrogens (primary N) is 1. The second-order valence-electron chi connectivity index (χ2n) is 3.24. The van der Waals surface area contributed by atoms with E-state index in [9.17, 15) is 0 Å². The van der Waals surface area contributed by atoms with Gasteiger partial charge in [0.25, 0.3) is 0 Å². The van der Waals surface area contributed by atoms with Crippen LogP contribution in [-0.2, 0) is 5.54 Å². The first-order valence-corrected chi connectivity index (χ1v) is 4.35. The summed E-state index contributed by atoms with van der Waals surface area (Å²) in [7, 11) is 0. The van der Waals surface area contributed by atoms with Crippen LogP contribution in [-0.4, -0.2) is 16.7 Å². The van der Waals surface area contributed by atoms with Crippen LogP contribution in [0.15, 0.2) is 12.3 Å². The molecule has 0 aliphatic rings. The predicted octanol–water partition coefficient (Wildman–Crippen LogP) is 0.773. The topological polar surface area (TPSA) is 82.9 Å². The third-order valence-corrected chi connectivity index (χ3v) is 2.13. The molecule has 14 heavy (non-hydrogen) atoms. The van der Waals surface area contributed by atoms with Crippen LogP contribution < -0.4 is 5.73 Å². The zero-order chi connectivity index (χ0) is 10.8. The molecule has 1 rings (SSSR count). The van der Waals surface area contributed by atoms with E-state index in [1.807, 2.05) is 6.07 Å². The van der Waals surface area contributed by atoms with Gasteiger partial charge in [0.05, 0.1) is 28.4 Å². The Balaban J connectivity index is 3.20. The maximum Gasteiger partial charge on any atom is 0.101 e. The molecule has 0 amide bonds. The Morgan fingerprint density at radius 3 is 2.86 bits per heavy atom. The molecule has 4 nitrogen and oxygen atoms in total. The Hall–Kier alpha value is -1.15. The maximum atomic E-state index is 9.01. The molecular formula is C9H10ClN3O. The highest BCUT2D eigenvalue weighted by molar-refractivity contribution is 6.31. The van der Waals surface area contributed by atoms with Crippen molar-refractivity contribution in [1.29, 1.82) is 5.26 Å². The maximum absolute atomic E-state index is 9.01. The average molecular weight is 212 g/mol. The van der Waals surface area contributed by atoms with Gasteiger partial charge in [-0.15, -0.1) is 0 Å². The number of aromatic nitrogens is 1. The van der Waals surface area contributed by atoms with Crippen LogP contribution in [0.5, 0.6) is 0 Å². The molecule has 1 atom stereocenters. The Morgan fingerprint density at radius 2 is 2.43 bits per heavy atom. The zero-order valence-corrected chi connectivity index (χ0v) is 8.41. The fourth-order valence-electron chi connectivity index (χ4n) is 0.994. The predicted molar refractivity (Wildman–Crippen MR) is 52.6 cm³/mol. The van der Waals surface area contributed by atoms with Gasteiger partial charge in [0.15, 0.2) is 0 Å². The van der Waals surface area contributed by atoms with Crippen molar-refractivity contribution in [3.8, 4) is 6.07 Å². The summed E-state index contributed by atoms with van der Waals surface area (Å²) in [6.45, 7) is 1.36. The zero-order valence-electron chi connectivity index (χ0n) is 7.66. The first-order chi connectivity index (χ1) is 6.51. The van der Waals surface area contributed by atoms with Gasteiger partial charge in [0.1, 0.15) is 6.07 Å². The molecule has 0 fully saturated rings. The van der Waals surface area contributed by atoms with Crippen LogP contribution in [0.25, 0.3) is 0 Å². The van der Waals surface area contributed by atoms with Gasteiger partial charge in [-0.2, -0.15) is 5.26 Å². The van der Waals surface area contributed by atoms with Gasteiger partial charge in [-0.25, -0.2) is 0 Å². The minimum Gasteiger partial charge on any atom is -0.394 e. The second kappa shape index (κ2) is 3.93. The number of halogens is 1. The lowest BCUT2D eigenvalue weighted by atomic mass is 9.99. The van der Waals surface area contributed by atoms with Gasteiger partial charge in [-0.1, -0.05) is 11.6 Å². The van der Waals surface area contributed by atoms with Gasteiger partial charge < -0.3 is 10.8 Å². The highest BCUT2D eigenvalue weighted by atomic mass is 35.5. The molecular weight excluding hydrogens is 202 g/mol. The summed E-state index contributed by atoms with van der Waals surface area (Å²) >= 11 is 5.87. The van der Waals surface area contributed by atoms with Gasteiger partial charge >= 0.3 is 0 Å². The van der Waals surface area contributed by atoms with Crippen LogP contribution in [0.1, 0.15) is 18.2 Å². The number of aliphatic hydroxyl groups is 1.